The molecule has 3 heterocycles. The molecule has 1 aliphatic heterocycles. The number of carbonyl (C=O) groups excluding carboxylic acids is 4. The molecule has 1 aliphatic carbocycles. The van der Waals surface area contributed by atoms with Gasteiger partial charge in [-0.05, 0) is 68.0 Å². The van der Waals surface area contributed by atoms with Crippen LogP contribution in [0.4, 0.5) is 10.1 Å². The maximum Gasteiger partial charge on any atom is 0.270 e. The Morgan fingerprint density at radius 3 is 2.48 bits per heavy atom. The number of amides is 4. The van der Waals surface area contributed by atoms with Gasteiger partial charge in [0.25, 0.3) is 11.8 Å². The van der Waals surface area contributed by atoms with Gasteiger partial charge in [-0.1, -0.05) is 36.4 Å². The summed E-state index contributed by atoms with van der Waals surface area (Å²) in [7, 11) is 0.772. The van der Waals surface area contributed by atoms with Gasteiger partial charge >= 0.3 is 0 Å². The van der Waals surface area contributed by atoms with Gasteiger partial charge in [-0.2, -0.15) is 5.10 Å². The third kappa shape index (κ3) is 7.98. The first-order chi connectivity index (χ1) is 23.1. The predicted octanol–water partition coefficient (Wildman–Crippen LogP) is 1.87. The maximum absolute atomic E-state index is 15.8. The molecule has 1 aromatic carbocycles. The van der Waals surface area contributed by atoms with Crippen LogP contribution < -0.4 is 16.0 Å². The van der Waals surface area contributed by atoms with Crippen LogP contribution in [0.25, 0.3) is 0 Å². The molecule has 13 nitrogen and oxygen atoms in total. The van der Waals surface area contributed by atoms with E-state index in [9.17, 15) is 19.2 Å². The second kappa shape index (κ2) is 15.9. The van der Waals surface area contributed by atoms with E-state index < -0.39 is 38.4 Å². The van der Waals surface area contributed by atoms with Crippen LogP contribution in [0.2, 0.25) is 6.55 Å². The zero-order valence-electron chi connectivity index (χ0n) is 27.7. The number of hydrogen-bond donors (Lipinski definition) is 3. The van der Waals surface area contributed by atoms with Gasteiger partial charge in [-0.15, -0.1) is 5.10 Å². The van der Waals surface area contributed by atoms with E-state index >= 15 is 4.39 Å². The number of benzene rings is 1. The quantitative estimate of drug-likeness (QED) is 0.243. The van der Waals surface area contributed by atoms with Gasteiger partial charge in [-0.3, -0.25) is 23.9 Å². The van der Waals surface area contributed by atoms with Crippen LogP contribution in [-0.4, -0.2) is 107 Å². The summed E-state index contributed by atoms with van der Waals surface area (Å²) in [6.45, 7) is 6.85. The van der Waals surface area contributed by atoms with E-state index in [2.05, 4.69) is 35.5 Å². The van der Waals surface area contributed by atoms with Crippen molar-refractivity contribution in [3.63, 3.8) is 0 Å². The second-order valence-corrected chi connectivity index (χ2v) is 15.2. The van der Waals surface area contributed by atoms with Gasteiger partial charge in [-0.25, -0.2) is 4.39 Å². The molecule has 3 N–H and O–H groups in total. The Bertz CT molecular complexity index is 1590. The molecule has 0 radical (unpaired) electrons. The van der Waals surface area contributed by atoms with Gasteiger partial charge in [0, 0.05) is 45.3 Å². The molecule has 1 saturated heterocycles. The standard InChI is InChI=1S/C32H44FN9O4SSi/c1-4-42-26(12-13-35-42)28(43)38-32(48-3,22-8-6-5-7-9-22)31(46)37-24-11-10-21(18-23(24)33)19-25(36-29(44)27-20-34-39-47-27)30(45)41-16-14-40(2)15-17-41/h10-13,18,20,22,25H,4-9,14-17,19,48H2,1-3H3,(H,36,44)(H,37,46)(H,38,43)/t25-,32+/m1/s1. The maximum atomic E-state index is 15.8. The molecule has 2 aliphatic rings. The molecule has 2 atom stereocenters. The number of piperazine rings is 1. The fourth-order valence-electron chi connectivity index (χ4n) is 6.72. The highest BCUT2D eigenvalue weighted by Crippen LogP contribution is 2.34. The molecule has 2 aromatic heterocycles. The number of carbonyl (C=O) groups is 4. The Morgan fingerprint density at radius 1 is 1.08 bits per heavy atom. The van der Waals surface area contributed by atoms with Gasteiger partial charge in [0.05, 0.1) is 21.4 Å². The van der Waals surface area contributed by atoms with Gasteiger partial charge in [0.1, 0.15) is 27.6 Å². The highest BCUT2D eigenvalue weighted by molar-refractivity contribution is 7.07. The molecule has 0 spiro atoms. The van der Waals surface area contributed by atoms with Crippen LogP contribution in [0.1, 0.15) is 64.8 Å². The predicted molar refractivity (Wildman–Crippen MR) is 183 cm³/mol. The lowest BCUT2D eigenvalue weighted by atomic mass is 9.82. The van der Waals surface area contributed by atoms with Gasteiger partial charge in [0.2, 0.25) is 11.8 Å². The normalized spacial score (nSPS) is 18.0. The Kier molecular flexibility index (Phi) is 11.7. The Hall–Kier alpha value is -4.02. The summed E-state index contributed by atoms with van der Waals surface area (Å²) in [5.41, 5.74) is 0.842. The van der Waals surface area contributed by atoms with Crippen LogP contribution in [-0.2, 0) is 22.6 Å². The highest BCUT2D eigenvalue weighted by atomic mass is 32.1. The van der Waals surface area contributed by atoms with Crippen molar-refractivity contribution in [2.75, 3.05) is 38.5 Å². The number of aromatic nitrogens is 4. The Labute approximate surface area is 286 Å². The Balaban J connectivity index is 1.35. The average Bonchev–Trinajstić information content (AvgIpc) is 3.82. The first-order valence-electron chi connectivity index (χ1n) is 16.6. The molecule has 16 heteroatoms. The number of anilines is 1. The summed E-state index contributed by atoms with van der Waals surface area (Å²) >= 11 is 0.923. The van der Waals surface area contributed by atoms with Crippen molar-refractivity contribution in [2.45, 2.75) is 69.7 Å². The minimum atomic E-state index is -1.21. The van der Waals surface area contributed by atoms with Crippen molar-refractivity contribution >= 4 is 50.4 Å². The molecule has 3 aromatic rings. The van der Waals surface area contributed by atoms with E-state index in [-0.39, 0.29) is 34.7 Å². The summed E-state index contributed by atoms with van der Waals surface area (Å²) < 4.78 is 21.1. The smallest absolute Gasteiger partial charge is 0.270 e. The molecule has 48 heavy (non-hydrogen) atoms. The monoisotopic (exact) mass is 697 g/mol. The summed E-state index contributed by atoms with van der Waals surface area (Å²) in [6.07, 6.45) is 7.54. The lowest BCUT2D eigenvalue weighted by Crippen LogP contribution is -2.65. The number of halogens is 1. The van der Waals surface area contributed by atoms with Crippen LogP contribution >= 0.6 is 11.5 Å². The molecule has 0 bridgehead atoms. The van der Waals surface area contributed by atoms with E-state index in [1.165, 1.54) is 18.3 Å². The number of aryl methyl sites for hydroxylation is 1. The van der Waals surface area contributed by atoms with Crippen LogP contribution in [0.15, 0.2) is 36.7 Å². The van der Waals surface area contributed by atoms with Gasteiger partial charge < -0.3 is 25.8 Å². The Morgan fingerprint density at radius 2 is 1.83 bits per heavy atom. The molecule has 0 unspecified atom stereocenters. The minimum absolute atomic E-state index is 0.0130. The van der Waals surface area contributed by atoms with Crippen molar-refractivity contribution in [3.8, 4) is 0 Å². The number of likely N-dealkylation sites (N-methyl/N-ethyl adjacent to an activating group) is 1. The van der Waals surface area contributed by atoms with E-state index in [1.54, 1.807) is 27.9 Å². The topological polar surface area (TPSA) is 154 Å². The number of rotatable bonds is 12. The zero-order chi connectivity index (χ0) is 34.3. The molecular weight excluding hydrogens is 654 g/mol. The molecule has 5 rings (SSSR count). The van der Waals surface area contributed by atoms with Crippen LogP contribution in [0, 0.1) is 11.7 Å². The summed E-state index contributed by atoms with van der Waals surface area (Å²) in [4.78, 5) is 58.3. The molecule has 4 amide bonds. The molecule has 2 fully saturated rings. The van der Waals surface area contributed by atoms with E-state index in [0.717, 1.165) is 43.6 Å². The molecule has 1 saturated carbocycles. The number of hydrogen-bond acceptors (Lipinski definition) is 9. The molecule has 258 valence electrons. The summed E-state index contributed by atoms with van der Waals surface area (Å²) in [5, 5.41) is 15.5. The first-order valence-corrected chi connectivity index (χ1v) is 19.5. The lowest BCUT2D eigenvalue weighted by molar-refractivity contribution is -0.134. The SMILES string of the molecule is CCn1nccc1C(=O)N[C@@]([SiH2]C)(C(=O)Nc1ccc(C[C@@H](NC(=O)c2cnns2)C(=O)N2CCN(C)CC2)cc1F)C1CCCCC1. The van der Waals surface area contributed by atoms with E-state index in [4.69, 9.17) is 0 Å². The average molecular weight is 698 g/mol. The number of nitrogens with zero attached hydrogens (tertiary/aromatic N) is 6. The van der Waals surface area contributed by atoms with Crippen molar-refractivity contribution in [2.24, 2.45) is 5.92 Å². The largest absolute Gasteiger partial charge is 0.340 e. The van der Waals surface area contributed by atoms with Crippen molar-refractivity contribution in [1.82, 2.24) is 39.8 Å². The number of nitrogens with one attached hydrogen (secondary N) is 3. The van der Waals surface area contributed by atoms with Crippen molar-refractivity contribution in [3.05, 3.63) is 58.6 Å². The zero-order valence-corrected chi connectivity index (χ0v) is 29.9. The second-order valence-electron chi connectivity index (χ2n) is 12.6. The van der Waals surface area contributed by atoms with E-state index in [0.29, 0.717) is 44.0 Å². The fourth-order valence-corrected chi connectivity index (χ4v) is 8.87. The van der Waals surface area contributed by atoms with Gasteiger partial charge in [0.15, 0.2) is 0 Å². The van der Waals surface area contributed by atoms with Crippen LogP contribution in [0.3, 0.4) is 0 Å². The minimum Gasteiger partial charge on any atom is -0.340 e. The first kappa shape index (κ1) is 35.3. The third-order valence-corrected chi connectivity index (χ3v) is 12.4. The summed E-state index contributed by atoms with van der Waals surface area (Å²) in [6, 6.07) is 5.10. The van der Waals surface area contributed by atoms with Crippen molar-refractivity contribution in [1.29, 1.82) is 0 Å². The lowest BCUT2D eigenvalue weighted by Gasteiger charge is -2.41. The van der Waals surface area contributed by atoms with Crippen molar-refractivity contribution < 1.29 is 23.6 Å². The van der Waals surface area contributed by atoms with E-state index in [1.807, 2.05) is 20.5 Å². The third-order valence-electron chi connectivity index (χ3n) is 9.58. The fraction of sp³-hybridized carbons (Fsp3) is 0.531. The molecular formula is C32H44FN9O4SSi. The summed E-state index contributed by atoms with van der Waals surface area (Å²) in [5.74, 6) is -2.25. The van der Waals surface area contributed by atoms with Crippen LogP contribution in [0.5, 0.6) is 0 Å². The highest BCUT2D eigenvalue weighted by Gasteiger charge is 2.46.